The zero-order valence-corrected chi connectivity index (χ0v) is 11.0. The molecule has 1 saturated heterocycles. The van der Waals surface area contributed by atoms with Gasteiger partial charge in [-0.05, 0) is 25.0 Å². The smallest absolute Gasteiger partial charge is 0.128 e. The van der Waals surface area contributed by atoms with E-state index in [2.05, 4.69) is 37.7 Å². The largest absolute Gasteiger partial charge is 0.378 e. The molecule has 0 radical (unpaired) electrons. The van der Waals surface area contributed by atoms with Crippen LogP contribution in [0.15, 0.2) is 29.2 Å². The van der Waals surface area contributed by atoms with Gasteiger partial charge in [0, 0.05) is 18.5 Å². The summed E-state index contributed by atoms with van der Waals surface area (Å²) in [7, 11) is 0. The molecule has 18 heavy (non-hydrogen) atoms. The molecule has 3 rings (SSSR count). The summed E-state index contributed by atoms with van der Waals surface area (Å²) in [6.45, 7) is 3.03. The van der Waals surface area contributed by atoms with Crippen LogP contribution in [-0.2, 0) is 6.54 Å². The Morgan fingerprint density at radius 3 is 2.78 bits per heavy atom. The molecule has 0 atom stereocenters. The molecule has 4 nitrogen and oxygen atoms in total. The number of rotatable bonds is 4. The van der Waals surface area contributed by atoms with Crippen molar-refractivity contribution < 1.29 is 0 Å². The molecule has 94 valence electrons. The van der Waals surface area contributed by atoms with Crippen LogP contribution >= 0.6 is 11.3 Å². The van der Waals surface area contributed by atoms with Gasteiger partial charge in [0.05, 0.1) is 29.6 Å². The Morgan fingerprint density at radius 1 is 1.22 bits per heavy atom. The first-order valence-corrected chi connectivity index (χ1v) is 7.18. The summed E-state index contributed by atoms with van der Waals surface area (Å²) < 4.78 is 0. The second kappa shape index (κ2) is 5.35. The van der Waals surface area contributed by atoms with E-state index in [0.717, 1.165) is 36.8 Å². The Hall–Kier alpha value is -1.62. The number of thiazole rings is 1. The van der Waals surface area contributed by atoms with Crippen molar-refractivity contribution in [2.24, 2.45) is 0 Å². The number of hydrogen-bond acceptors (Lipinski definition) is 5. The van der Waals surface area contributed by atoms with Crippen LogP contribution in [0.4, 0.5) is 11.5 Å². The molecular formula is C13H16N4S. The molecule has 1 aliphatic rings. The Labute approximate surface area is 111 Å². The molecule has 1 N–H and O–H groups in total. The number of aromatic nitrogens is 2. The molecule has 2 aromatic rings. The van der Waals surface area contributed by atoms with Crippen molar-refractivity contribution in [2.75, 3.05) is 23.3 Å². The molecule has 1 fully saturated rings. The fraction of sp³-hybridized carbons (Fsp3) is 0.385. The van der Waals surface area contributed by atoms with E-state index in [1.54, 1.807) is 11.3 Å². The maximum absolute atomic E-state index is 4.51. The lowest BCUT2D eigenvalue weighted by atomic mass is 10.3. The van der Waals surface area contributed by atoms with Crippen molar-refractivity contribution >= 4 is 22.8 Å². The fourth-order valence-electron chi connectivity index (χ4n) is 2.14. The molecule has 0 aromatic carbocycles. The number of hydrogen-bond donors (Lipinski definition) is 1. The minimum Gasteiger partial charge on any atom is -0.378 e. The molecule has 3 heterocycles. The number of pyridine rings is 1. The van der Waals surface area contributed by atoms with E-state index >= 15 is 0 Å². The third-order valence-corrected chi connectivity index (χ3v) is 3.77. The maximum atomic E-state index is 4.51. The summed E-state index contributed by atoms with van der Waals surface area (Å²) in [5, 5.41) is 5.38. The molecule has 0 unspecified atom stereocenters. The summed E-state index contributed by atoms with van der Waals surface area (Å²) in [6.07, 6.45) is 4.47. The first-order valence-electron chi connectivity index (χ1n) is 6.24. The van der Waals surface area contributed by atoms with Crippen molar-refractivity contribution in [1.29, 1.82) is 0 Å². The fourth-order valence-corrected chi connectivity index (χ4v) is 2.70. The third kappa shape index (κ3) is 2.61. The van der Waals surface area contributed by atoms with Crippen LogP contribution < -0.4 is 10.2 Å². The van der Waals surface area contributed by atoms with Gasteiger partial charge in [-0.2, -0.15) is 0 Å². The summed E-state index contributed by atoms with van der Waals surface area (Å²) in [4.78, 5) is 11.1. The van der Waals surface area contributed by atoms with E-state index in [-0.39, 0.29) is 0 Å². The first-order chi connectivity index (χ1) is 8.92. The number of anilines is 2. The van der Waals surface area contributed by atoms with Gasteiger partial charge in [-0.1, -0.05) is 0 Å². The predicted octanol–water partition coefficient (Wildman–Crippen LogP) is 2.75. The van der Waals surface area contributed by atoms with Crippen LogP contribution in [0.2, 0.25) is 0 Å². The molecule has 5 heteroatoms. The Balaban J connectivity index is 1.60. The molecule has 2 aromatic heterocycles. The maximum Gasteiger partial charge on any atom is 0.128 e. The van der Waals surface area contributed by atoms with E-state index in [1.807, 2.05) is 11.7 Å². The summed E-state index contributed by atoms with van der Waals surface area (Å²) in [6, 6.07) is 4.18. The lowest BCUT2D eigenvalue weighted by Gasteiger charge is -2.16. The van der Waals surface area contributed by atoms with E-state index in [4.69, 9.17) is 0 Å². The van der Waals surface area contributed by atoms with Gasteiger partial charge in [0.15, 0.2) is 0 Å². The van der Waals surface area contributed by atoms with E-state index in [9.17, 15) is 0 Å². The monoisotopic (exact) mass is 260 g/mol. The summed E-state index contributed by atoms with van der Waals surface area (Å²) in [5.41, 5.74) is 3.97. The lowest BCUT2D eigenvalue weighted by Crippen LogP contribution is -2.18. The van der Waals surface area contributed by atoms with Crippen LogP contribution in [0.5, 0.6) is 0 Å². The van der Waals surface area contributed by atoms with E-state index in [1.165, 1.54) is 12.8 Å². The third-order valence-electron chi connectivity index (χ3n) is 3.14. The standard InChI is InChI=1S/C13H16N4S/c1-2-6-17(5-1)13-4-3-11(7-15-13)14-8-12-9-18-10-16-12/h3-4,7,9-10,14H,1-2,5-6,8H2. The molecule has 0 spiro atoms. The summed E-state index contributed by atoms with van der Waals surface area (Å²) >= 11 is 1.62. The van der Waals surface area contributed by atoms with Crippen LogP contribution in [0.25, 0.3) is 0 Å². The van der Waals surface area contributed by atoms with E-state index in [0.29, 0.717) is 0 Å². The minimum atomic E-state index is 0.758. The normalized spacial score (nSPS) is 15.0. The average Bonchev–Trinajstić information content (AvgIpc) is 3.10. The lowest BCUT2D eigenvalue weighted by molar-refractivity contribution is 0.937. The highest BCUT2D eigenvalue weighted by atomic mass is 32.1. The van der Waals surface area contributed by atoms with Gasteiger partial charge in [0.1, 0.15) is 5.82 Å². The molecule has 0 bridgehead atoms. The Kier molecular flexibility index (Phi) is 3.41. The number of nitrogens with zero attached hydrogens (tertiary/aromatic N) is 3. The second-order valence-corrected chi connectivity index (χ2v) is 5.15. The van der Waals surface area contributed by atoms with Gasteiger partial charge in [-0.15, -0.1) is 11.3 Å². The average molecular weight is 260 g/mol. The Morgan fingerprint density at radius 2 is 2.11 bits per heavy atom. The van der Waals surface area contributed by atoms with Gasteiger partial charge in [-0.25, -0.2) is 9.97 Å². The van der Waals surface area contributed by atoms with Crippen molar-refractivity contribution in [3.8, 4) is 0 Å². The van der Waals surface area contributed by atoms with E-state index < -0.39 is 0 Å². The van der Waals surface area contributed by atoms with Crippen LogP contribution in [0.3, 0.4) is 0 Å². The second-order valence-electron chi connectivity index (χ2n) is 4.43. The molecule has 0 saturated carbocycles. The van der Waals surface area contributed by atoms with Gasteiger partial charge < -0.3 is 10.2 Å². The van der Waals surface area contributed by atoms with Crippen molar-refractivity contribution in [2.45, 2.75) is 19.4 Å². The molecule has 0 amide bonds. The van der Waals surface area contributed by atoms with Crippen molar-refractivity contribution in [3.05, 3.63) is 34.9 Å². The SMILES string of the molecule is c1nc(CNc2ccc(N3CCCC3)nc2)cs1. The summed E-state index contributed by atoms with van der Waals surface area (Å²) in [5.74, 6) is 1.09. The van der Waals surface area contributed by atoms with Crippen molar-refractivity contribution in [3.63, 3.8) is 0 Å². The Bertz CT molecular complexity index is 474. The van der Waals surface area contributed by atoms with Gasteiger partial charge in [0.25, 0.3) is 0 Å². The highest BCUT2D eigenvalue weighted by molar-refractivity contribution is 7.07. The highest BCUT2D eigenvalue weighted by Crippen LogP contribution is 2.19. The van der Waals surface area contributed by atoms with Crippen LogP contribution in [-0.4, -0.2) is 23.1 Å². The van der Waals surface area contributed by atoms with Crippen LogP contribution in [0, 0.1) is 0 Å². The minimum absolute atomic E-state index is 0.758. The zero-order valence-electron chi connectivity index (χ0n) is 10.2. The van der Waals surface area contributed by atoms with Gasteiger partial charge in [0.2, 0.25) is 0 Å². The molecule has 0 aliphatic carbocycles. The van der Waals surface area contributed by atoms with Crippen molar-refractivity contribution in [1.82, 2.24) is 9.97 Å². The highest BCUT2D eigenvalue weighted by Gasteiger charge is 2.12. The number of nitrogens with one attached hydrogen (secondary N) is 1. The first kappa shape index (κ1) is 11.5. The van der Waals surface area contributed by atoms with Gasteiger partial charge >= 0.3 is 0 Å². The van der Waals surface area contributed by atoms with Crippen LogP contribution in [0.1, 0.15) is 18.5 Å². The topological polar surface area (TPSA) is 41.1 Å². The molecular weight excluding hydrogens is 244 g/mol. The predicted molar refractivity (Wildman–Crippen MR) is 75.1 cm³/mol. The molecule has 1 aliphatic heterocycles. The zero-order chi connectivity index (χ0) is 12.2. The quantitative estimate of drug-likeness (QED) is 0.917. The van der Waals surface area contributed by atoms with Gasteiger partial charge in [-0.3, -0.25) is 0 Å².